The van der Waals surface area contributed by atoms with Crippen molar-refractivity contribution < 1.29 is 14.8 Å². The maximum absolute atomic E-state index is 12.2. The largest absolute Gasteiger partial charge is 0.409 e. The van der Waals surface area contributed by atoms with Gasteiger partial charge in [0.1, 0.15) is 12.2 Å². The van der Waals surface area contributed by atoms with Gasteiger partial charge >= 0.3 is 0 Å². The van der Waals surface area contributed by atoms with Crippen LogP contribution < -0.4 is 5.73 Å². The van der Waals surface area contributed by atoms with Crippen molar-refractivity contribution >= 4 is 17.6 Å². The highest BCUT2D eigenvalue weighted by atomic mass is 16.4. The fourth-order valence-electron chi connectivity index (χ4n) is 1.82. The molecule has 0 saturated carbocycles. The fraction of sp³-hybridized carbons (Fsp3) is 0.333. The highest BCUT2D eigenvalue weighted by molar-refractivity contribution is 5.98. The number of aromatic nitrogens is 1. The predicted molar refractivity (Wildman–Crippen MR) is 70.3 cm³/mol. The van der Waals surface area contributed by atoms with E-state index in [2.05, 4.69) is 10.1 Å². The molecule has 2 amide bonds. The molecule has 2 rings (SSSR count). The lowest BCUT2D eigenvalue weighted by atomic mass is 10.2. The number of pyridine rings is 1. The molecule has 2 heterocycles. The summed E-state index contributed by atoms with van der Waals surface area (Å²) in [4.78, 5) is 30.8. The number of hydrogen-bond donors (Lipinski definition) is 2. The lowest BCUT2D eigenvalue weighted by molar-refractivity contribution is -0.133. The Bertz CT molecular complexity index is 555. The Kier molecular flexibility index (Phi) is 3.83. The molecule has 0 atom stereocenters. The first-order valence-corrected chi connectivity index (χ1v) is 6.00. The van der Waals surface area contributed by atoms with Crippen molar-refractivity contribution in [2.45, 2.75) is 0 Å². The number of amides is 2. The Hall–Kier alpha value is -2.64. The topological polar surface area (TPSA) is 112 Å². The molecule has 1 aromatic rings. The van der Waals surface area contributed by atoms with Crippen LogP contribution in [0.3, 0.4) is 0 Å². The molecular weight excluding hydrogens is 262 g/mol. The summed E-state index contributed by atoms with van der Waals surface area (Å²) in [5.41, 5.74) is 6.05. The highest BCUT2D eigenvalue weighted by Gasteiger charge is 2.26. The van der Waals surface area contributed by atoms with E-state index in [-0.39, 0.29) is 29.9 Å². The van der Waals surface area contributed by atoms with Crippen LogP contribution >= 0.6 is 0 Å². The Morgan fingerprint density at radius 3 is 2.75 bits per heavy atom. The van der Waals surface area contributed by atoms with E-state index in [9.17, 15) is 9.59 Å². The second-order valence-electron chi connectivity index (χ2n) is 4.46. The third-order valence-corrected chi connectivity index (χ3v) is 3.13. The van der Waals surface area contributed by atoms with Crippen LogP contribution in [-0.4, -0.2) is 64.3 Å². The molecule has 0 spiro atoms. The van der Waals surface area contributed by atoms with E-state index < -0.39 is 0 Å². The molecule has 20 heavy (non-hydrogen) atoms. The van der Waals surface area contributed by atoms with Gasteiger partial charge in [-0.05, 0) is 12.1 Å². The van der Waals surface area contributed by atoms with Gasteiger partial charge < -0.3 is 20.7 Å². The molecule has 1 fully saturated rings. The number of nitrogens with zero attached hydrogens (tertiary/aromatic N) is 4. The van der Waals surface area contributed by atoms with Crippen LogP contribution in [0.2, 0.25) is 0 Å². The molecule has 1 aliphatic rings. The Labute approximate surface area is 115 Å². The molecule has 0 bridgehead atoms. The third kappa shape index (κ3) is 2.68. The maximum Gasteiger partial charge on any atom is 0.272 e. The van der Waals surface area contributed by atoms with Gasteiger partial charge in [-0.3, -0.25) is 14.6 Å². The molecule has 8 heteroatoms. The van der Waals surface area contributed by atoms with Gasteiger partial charge in [0.25, 0.3) is 5.91 Å². The smallest absolute Gasteiger partial charge is 0.272 e. The molecule has 3 N–H and O–H groups in total. The number of amidine groups is 1. The monoisotopic (exact) mass is 277 g/mol. The van der Waals surface area contributed by atoms with Gasteiger partial charge in [0, 0.05) is 31.9 Å². The van der Waals surface area contributed by atoms with E-state index in [1.54, 1.807) is 11.9 Å². The number of carbonyl (C=O) groups excluding carboxylic acids is 2. The SMILES string of the molecule is CN1CCN(C(=O)c2ccc(C(N)=NO)cn2)CC1=O. The van der Waals surface area contributed by atoms with Gasteiger partial charge in [-0.2, -0.15) is 0 Å². The summed E-state index contributed by atoms with van der Waals surface area (Å²) in [5, 5.41) is 11.4. The molecule has 0 aromatic carbocycles. The van der Waals surface area contributed by atoms with Crippen molar-refractivity contribution in [3.63, 3.8) is 0 Å². The molecular formula is C12H15N5O3. The van der Waals surface area contributed by atoms with Crippen molar-refractivity contribution in [3.05, 3.63) is 29.6 Å². The Balaban J connectivity index is 2.12. The molecule has 0 radical (unpaired) electrons. The number of piperazine rings is 1. The summed E-state index contributed by atoms with van der Waals surface area (Å²) in [7, 11) is 1.70. The van der Waals surface area contributed by atoms with Crippen molar-refractivity contribution in [3.8, 4) is 0 Å². The average Bonchev–Trinajstić information content (AvgIpc) is 2.48. The van der Waals surface area contributed by atoms with E-state index in [1.807, 2.05) is 0 Å². The van der Waals surface area contributed by atoms with Gasteiger partial charge in [0.05, 0.1) is 0 Å². The minimum absolute atomic E-state index is 0.0546. The lowest BCUT2D eigenvalue weighted by Crippen LogP contribution is -2.50. The van der Waals surface area contributed by atoms with Gasteiger partial charge in [-0.1, -0.05) is 5.16 Å². The maximum atomic E-state index is 12.2. The summed E-state index contributed by atoms with van der Waals surface area (Å²) < 4.78 is 0. The minimum Gasteiger partial charge on any atom is -0.409 e. The van der Waals surface area contributed by atoms with E-state index >= 15 is 0 Å². The van der Waals surface area contributed by atoms with Gasteiger partial charge in [-0.25, -0.2) is 0 Å². The zero-order valence-electron chi connectivity index (χ0n) is 11.0. The average molecular weight is 277 g/mol. The van der Waals surface area contributed by atoms with Crippen LogP contribution in [0.5, 0.6) is 0 Å². The number of likely N-dealkylation sites (N-methyl/N-ethyl adjacent to an activating group) is 1. The summed E-state index contributed by atoms with van der Waals surface area (Å²) in [5.74, 6) is -0.485. The molecule has 1 aliphatic heterocycles. The van der Waals surface area contributed by atoms with Crippen LogP contribution in [0.1, 0.15) is 16.1 Å². The summed E-state index contributed by atoms with van der Waals surface area (Å²) in [6.07, 6.45) is 1.35. The first-order valence-electron chi connectivity index (χ1n) is 6.00. The van der Waals surface area contributed by atoms with Crippen molar-refractivity contribution in [2.75, 3.05) is 26.7 Å². The number of rotatable bonds is 2. The normalized spacial score (nSPS) is 16.4. The van der Waals surface area contributed by atoms with Gasteiger partial charge in [-0.15, -0.1) is 0 Å². The van der Waals surface area contributed by atoms with Crippen LogP contribution in [0.4, 0.5) is 0 Å². The van der Waals surface area contributed by atoms with E-state index in [0.29, 0.717) is 18.7 Å². The summed E-state index contributed by atoms with van der Waals surface area (Å²) >= 11 is 0. The van der Waals surface area contributed by atoms with Crippen molar-refractivity contribution in [1.82, 2.24) is 14.8 Å². The Morgan fingerprint density at radius 1 is 1.45 bits per heavy atom. The van der Waals surface area contributed by atoms with Crippen LogP contribution in [0.25, 0.3) is 0 Å². The van der Waals surface area contributed by atoms with Crippen LogP contribution in [0, 0.1) is 0 Å². The number of oxime groups is 1. The summed E-state index contributed by atoms with van der Waals surface area (Å²) in [6, 6.07) is 3.02. The molecule has 1 saturated heterocycles. The zero-order valence-corrected chi connectivity index (χ0v) is 11.0. The number of hydrogen-bond acceptors (Lipinski definition) is 5. The quantitative estimate of drug-likeness (QED) is 0.314. The highest BCUT2D eigenvalue weighted by Crippen LogP contribution is 2.08. The lowest BCUT2D eigenvalue weighted by Gasteiger charge is -2.31. The number of carbonyl (C=O) groups is 2. The van der Waals surface area contributed by atoms with E-state index in [0.717, 1.165) is 0 Å². The third-order valence-electron chi connectivity index (χ3n) is 3.13. The molecule has 106 valence electrons. The second-order valence-corrected chi connectivity index (χ2v) is 4.46. The predicted octanol–water partition coefficient (Wildman–Crippen LogP) is -0.910. The van der Waals surface area contributed by atoms with Crippen LogP contribution in [0.15, 0.2) is 23.5 Å². The molecule has 8 nitrogen and oxygen atoms in total. The molecule has 0 aliphatic carbocycles. The van der Waals surface area contributed by atoms with Gasteiger partial charge in [0.2, 0.25) is 5.91 Å². The standard InChI is InChI=1S/C12H15N5O3/c1-16-4-5-17(7-10(16)18)12(19)9-3-2-8(6-14-9)11(13)15-20/h2-3,6,20H,4-5,7H2,1H3,(H2,13,15). The van der Waals surface area contributed by atoms with Crippen molar-refractivity contribution in [1.29, 1.82) is 0 Å². The molecule has 0 unspecified atom stereocenters. The number of nitrogens with two attached hydrogens (primary N) is 1. The first kappa shape index (κ1) is 13.8. The fourth-order valence-corrected chi connectivity index (χ4v) is 1.82. The van der Waals surface area contributed by atoms with Gasteiger partial charge in [0.15, 0.2) is 5.84 Å². The van der Waals surface area contributed by atoms with Crippen LogP contribution in [-0.2, 0) is 4.79 Å². The first-order chi connectivity index (χ1) is 9.52. The summed E-state index contributed by atoms with van der Waals surface area (Å²) in [6.45, 7) is 1.04. The Morgan fingerprint density at radius 2 is 2.20 bits per heavy atom. The molecule has 1 aromatic heterocycles. The minimum atomic E-state index is -0.308. The van der Waals surface area contributed by atoms with E-state index in [1.165, 1.54) is 23.2 Å². The van der Waals surface area contributed by atoms with Crippen molar-refractivity contribution in [2.24, 2.45) is 10.9 Å². The van der Waals surface area contributed by atoms with E-state index in [4.69, 9.17) is 10.9 Å². The second kappa shape index (κ2) is 5.55. The zero-order chi connectivity index (χ0) is 14.7.